The maximum absolute atomic E-state index is 15.5. The molecule has 0 N–H and O–H groups in total. The van der Waals surface area contributed by atoms with Gasteiger partial charge in [-0.1, -0.05) is 182 Å². The molecule has 0 amide bonds. The van der Waals surface area contributed by atoms with Crippen molar-refractivity contribution >= 4 is 75.9 Å². The Labute approximate surface area is 546 Å². The molecule has 9 aromatic heterocycles. The van der Waals surface area contributed by atoms with Gasteiger partial charge in [0.2, 0.25) is 0 Å². The van der Waals surface area contributed by atoms with Gasteiger partial charge >= 0.3 is 0 Å². The second-order valence-corrected chi connectivity index (χ2v) is 24.0. The van der Waals surface area contributed by atoms with E-state index < -0.39 is 0 Å². The quantitative estimate of drug-likeness (QED) is 0.120. The van der Waals surface area contributed by atoms with Gasteiger partial charge in [-0.2, -0.15) is 0 Å². The van der Waals surface area contributed by atoms with Crippen LogP contribution in [0.5, 0.6) is 0 Å². The smallest absolute Gasteiger partial charge is 0.263 e. The third-order valence-electron chi connectivity index (χ3n) is 18.4. The Balaban J connectivity index is 0.760. The first kappa shape index (κ1) is 54.4. The highest BCUT2D eigenvalue weighted by molar-refractivity contribution is 6.25. The van der Waals surface area contributed by atoms with Crippen molar-refractivity contribution < 1.29 is 0 Å². The minimum absolute atomic E-state index is 0.114. The highest BCUT2D eigenvalue weighted by Gasteiger charge is 2.25. The summed E-state index contributed by atoms with van der Waals surface area (Å²) in [6.45, 7) is 0. The van der Waals surface area contributed by atoms with E-state index in [1.165, 1.54) is 0 Å². The molecule has 0 bridgehead atoms. The number of para-hydroxylation sites is 1. The third-order valence-corrected chi connectivity index (χ3v) is 18.4. The molecule has 9 heterocycles. The number of pyridine rings is 5. The van der Waals surface area contributed by atoms with Gasteiger partial charge in [0.25, 0.3) is 11.1 Å². The first-order valence-corrected chi connectivity index (χ1v) is 31.6. The molecule has 0 unspecified atom stereocenters. The lowest BCUT2D eigenvalue weighted by atomic mass is 9.94. The van der Waals surface area contributed by atoms with Crippen LogP contribution in [0, 0.1) is 0 Å². The van der Waals surface area contributed by atoms with E-state index in [1.54, 1.807) is 12.4 Å². The second-order valence-electron chi connectivity index (χ2n) is 24.0. The molecule has 446 valence electrons. The fourth-order valence-electron chi connectivity index (χ4n) is 14.0. The van der Waals surface area contributed by atoms with Crippen LogP contribution < -0.4 is 11.1 Å². The fourth-order valence-corrected chi connectivity index (χ4v) is 14.0. The lowest BCUT2D eigenvalue weighted by molar-refractivity contribution is 1.07. The number of aromatic nitrogens is 11. The summed E-state index contributed by atoms with van der Waals surface area (Å²) in [7, 11) is 0. The number of benzene rings is 10. The molecule has 10 aromatic carbocycles. The molecule has 19 aromatic rings. The summed E-state index contributed by atoms with van der Waals surface area (Å²) < 4.78 is 3.72. The Morgan fingerprint density at radius 2 is 0.656 bits per heavy atom. The monoisotopic (exact) mass is 1230 g/mol. The predicted octanol–water partition coefficient (Wildman–Crippen LogP) is 17.9. The van der Waals surface area contributed by atoms with Gasteiger partial charge in [0, 0.05) is 88.9 Å². The van der Waals surface area contributed by atoms with Gasteiger partial charge in [-0.15, -0.1) is 0 Å². The van der Waals surface area contributed by atoms with Gasteiger partial charge in [-0.05, 0) is 124 Å². The van der Waals surface area contributed by atoms with Gasteiger partial charge in [-0.3, -0.25) is 28.4 Å². The average Bonchev–Trinajstić information content (AvgIpc) is 1.54. The van der Waals surface area contributed by atoms with Crippen LogP contribution in [-0.2, 0) is 0 Å². The Kier molecular flexibility index (Phi) is 12.2. The van der Waals surface area contributed by atoms with Gasteiger partial charge < -0.3 is 0 Å². The molecule has 0 aliphatic carbocycles. The zero-order valence-corrected chi connectivity index (χ0v) is 50.9. The molecule has 19 rings (SSSR count). The first-order chi connectivity index (χ1) is 47.4. The summed E-state index contributed by atoms with van der Waals surface area (Å²) in [5.41, 5.74) is 14.3. The molecule has 0 aliphatic rings. The van der Waals surface area contributed by atoms with Crippen LogP contribution in [0.4, 0.5) is 0 Å². The molecule has 0 radical (unpaired) electrons. The highest BCUT2D eigenvalue weighted by Crippen LogP contribution is 2.44. The van der Waals surface area contributed by atoms with E-state index in [-0.39, 0.29) is 11.1 Å². The molecular weight excluding hydrogens is 1180 g/mol. The Hall–Kier alpha value is -13.4. The van der Waals surface area contributed by atoms with Gasteiger partial charge in [0.1, 0.15) is 0 Å². The Bertz CT molecular complexity index is 6370. The summed E-state index contributed by atoms with van der Waals surface area (Å²) in [6, 6.07) is 90.4. The van der Waals surface area contributed by atoms with Gasteiger partial charge in [0.05, 0.1) is 44.8 Å². The Morgan fingerprint density at radius 1 is 0.229 bits per heavy atom. The van der Waals surface area contributed by atoms with E-state index in [1.807, 2.05) is 209 Å². The summed E-state index contributed by atoms with van der Waals surface area (Å²) in [4.78, 5) is 75.8. The molecule has 0 fully saturated rings. The molecule has 13 heteroatoms. The van der Waals surface area contributed by atoms with E-state index in [2.05, 4.69) is 82.8 Å². The van der Waals surface area contributed by atoms with Crippen molar-refractivity contribution in [2.75, 3.05) is 0 Å². The van der Waals surface area contributed by atoms with Crippen molar-refractivity contribution in [3.8, 4) is 113 Å². The molecule has 13 nitrogen and oxygen atoms in total. The minimum atomic E-state index is -0.117. The lowest BCUT2D eigenvalue weighted by Crippen LogP contribution is -2.13. The van der Waals surface area contributed by atoms with Crippen LogP contribution in [0.3, 0.4) is 0 Å². The van der Waals surface area contributed by atoms with E-state index >= 15 is 4.79 Å². The van der Waals surface area contributed by atoms with Crippen molar-refractivity contribution in [1.82, 2.24) is 53.7 Å². The molecular formula is C83H47N11O2. The molecule has 96 heavy (non-hydrogen) atoms. The minimum Gasteiger partial charge on any atom is -0.275 e. The van der Waals surface area contributed by atoms with Crippen molar-refractivity contribution in [2.24, 2.45) is 0 Å². The zero-order valence-electron chi connectivity index (χ0n) is 50.9. The first-order valence-electron chi connectivity index (χ1n) is 31.6. The average molecular weight is 1230 g/mol. The number of hydrogen-bond acceptors (Lipinski definition) is 11. The largest absolute Gasteiger partial charge is 0.275 e. The standard InChI is InChI=1S/C83H47N11O2/c95-82-61-28-11-10-27-58(61)64-44-56(45-65-63-43-54(34-38-72(63)93(82)74(64)65)80-89-76(48-19-4-1-5-20-48)87-77(90-80)49-21-6-2-7-22-49)81-91-78(50-23-8-3-9-24-50)88-79(92-81)53-26-18-25-51(41-53)52-33-35-59-60-37-36-57(73-62-29-12-13-32-71(62)94(75(60)73)83(96)66(59)42-52)55-46-69(67-30-14-16-39-84-67)86-70(47-55)68-31-15-17-40-85-68/h1-47H. The van der Waals surface area contributed by atoms with Crippen molar-refractivity contribution in [3.05, 3.63) is 306 Å². The summed E-state index contributed by atoms with van der Waals surface area (Å²) in [5, 5.41) is 8.29. The van der Waals surface area contributed by atoms with Crippen LogP contribution in [-0.4, -0.2) is 53.7 Å². The maximum atomic E-state index is 15.5. The molecule has 0 saturated heterocycles. The van der Waals surface area contributed by atoms with Crippen LogP contribution >= 0.6 is 0 Å². The normalized spacial score (nSPS) is 11.8. The maximum Gasteiger partial charge on any atom is 0.263 e. The van der Waals surface area contributed by atoms with E-state index in [0.29, 0.717) is 45.7 Å². The van der Waals surface area contributed by atoms with Gasteiger partial charge in [-0.25, -0.2) is 34.9 Å². The Morgan fingerprint density at radius 3 is 1.27 bits per heavy atom. The van der Waals surface area contributed by atoms with Crippen molar-refractivity contribution in [2.45, 2.75) is 0 Å². The predicted molar refractivity (Wildman–Crippen MR) is 383 cm³/mol. The second kappa shape index (κ2) is 21.6. The number of nitrogens with zero attached hydrogens (tertiary/aromatic N) is 11. The van der Waals surface area contributed by atoms with E-state index in [0.717, 1.165) is 144 Å². The zero-order chi connectivity index (χ0) is 63.5. The van der Waals surface area contributed by atoms with E-state index in [9.17, 15) is 4.79 Å². The third kappa shape index (κ3) is 8.75. The molecule has 0 spiro atoms. The number of rotatable bonds is 10. The lowest BCUT2D eigenvalue weighted by Gasteiger charge is -2.13. The highest BCUT2D eigenvalue weighted by atomic mass is 16.1. The van der Waals surface area contributed by atoms with Crippen molar-refractivity contribution in [3.63, 3.8) is 0 Å². The SMILES string of the molecule is O=c1c2ccccc2c2cc(-c3nc(-c4ccccc4)nc(-c4cccc(-c5ccc6c(c5)c(=O)n5c7ccccc7c7c(-c8cc(-c9ccccn9)nc(-c9ccccn9)c8)ccc6c75)c4)n3)cc3c4cc(-c5nc(-c6ccccc6)nc(-c6ccccc6)n5)ccc4n1c23. The van der Waals surface area contributed by atoms with Crippen LogP contribution in [0.1, 0.15) is 0 Å². The number of fused-ring (bicyclic) bond motifs is 10. The summed E-state index contributed by atoms with van der Waals surface area (Å²) in [5.74, 6) is 2.99. The van der Waals surface area contributed by atoms with Crippen LogP contribution in [0.2, 0.25) is 0 Å². The topological polar surface area (TPSA) is 159 Å². The summed E-state index contributed by atoms with van der Waals surface area (Å²) in [6.07, 6.45) is 3.55. The number of hydrogen-bond donors (Lipinski definition) is 0. The van der Waals surface area contributed by atoms with Crippen molar-refractivity contribution in [1.29, 1.82) is 0 Å². The fraction of sp³-hybridized carbons (Fsp3) is 0. The van der Waals surface area contributed by atoms with Gasteiger partial charge in [0.15, 0.2) is 34.9 Å². The molecule has 0 saturated carbocycles. The van der Waals surface area contributed by atoms with E-state index in [4.69, 9.17) is 34.9 Å². The van der Waals surface area contributed by atoms with Crippen LogP contribution in [0.15, 0.2) is 295 Å². The molecule has 0 atom stereocenters. The van der Waals surface area contributed by atoms with Crippen LogP contribution in [0.25, 0.3) is 189 Å². The summed E-state index contributed by atoms with van der Waals surface area (Å²) >= 11 is 0. The molecule has 0 aliphatic heterocycles.